The molecule has 1 amide bonds. The van der Waals surface area contributed by atoms with Crippen molar-refractivity contribution in [2.24, 2.45) is 0 Å². The summed E-state index contributed by atoms with van der Waals surface area (Å²) in [4.78, 5) is 19.1. The zero-order chi connectivity index (χ0) is 21.9. The minimum atomic E-state index is -3.61. The number of hydrogen-bond donors (Lipinski definition) is 1. The number of pyridine rings is 1. The number of nitrogens with zero attached hydrogens (tertiary/aromatic N) is 3. The van der Waals surface area contributed by atoms with E-state index in [4.69, 9.17) is 0 Å². The monoisotopic (exact) mass is 424 g/mol. The van der Waals surface area contributed by atoms with E-state index in [0.717, 1.165) is 9.99 Å². The molecule has 3 aromatic rings. The fourth-order valence-electron chi connectivity index (χ4n) is 2.86. The molecule has 2 aromatic carbocycles. The highest BCUT2D eigenvalue weighted by atomic mass is 32.2. The number of hydrogen-bond acceptors (Lipinski definition) is 5. The highest BCUT2D eigenvalue weighted by Crippen LogP contribution is 2.24. The smallest absolute Gasteiger partial charge is 0.257 e. The van der Waals surface area contributed by atoms with Crippen LogP contribution in [0, 0.1) is 6.92 Å². The third kappa shape index (κ3) is 4.50. The van der Waals surface area contributed by atoms with Crippen molar-refractivity contribution >= 4 is 33.1 Å². The van der Waals surface area contributed by atoms with Gasteiger partial charge < -0.3 is 10.2 Å². The summed E-state index contributed by atoms with van der Waals surface area (Å²) < 4.78 is 26.1. The van der Waals surface area contributed by atoms with Gasteiger partial charge >= 0.3 is 0 Å². The fourth-order valence-corrected chi connectivity index (χ4v) is 4.00. The maximum Gasteiger partial charge on any atom is 0.257 e. The summed E-state index contributed by atoms with van der Waals surface area (Å²) in [5, 5.41) is 2.74. The predicted octanol–water partition coefficient (Wildman–Crippen LogP) is 3.66. The number of para-hydroxylation sites is 1. The summed E-state index contributed by atoms with van der Waals surface area (Å²) in [5.41, 5.74) is 2.36. The van der Waals surface area contributed by atoms with Crippen LogP contribution in [0.1, 0.15) is 15.9 Å². The van der Waals surface area contributed by atoms with Crippen molar-refractivity contribution in [3.05, 3.63) is 78.0 Å². The Morgan fingerprint density at radius 2 is 1.67 bits per heavy atom. The molecule has 0 saturated heterocycles. The Hall–Kier alpha value is -3.23. The second-order valence-corrected chi connectivity index (χ2v) is 9.14. The molecule has 0 spiro atoms. The van der Waals surface area contributed by atoms with E-state index in [1.807, 2.05) is 42.3 Å². The molecule has 30 heavy (non-hydrogen) atoms. The summed E-state index contributed by atoms with van der Waals surface area (Å²) in [7, 11) is 1.24. The first-order chi connectivity index (χ1) is 14.2. The lowest BCUT2D eigenvalue weighted by atomic mass is 10.2. The molecular formula is C22H24N4O3S. The summed E-state index contributed by atoms with van der Waals surface area (Å²) in [6.45, 7) is 1.72. The lowest BCUT2D eigenvalue weighted by molar-refractivity contribution is 0.102. The quantitative estimate of drug-likeness (QED) is 0.653. The van der Waals surface area contributed by atoms with Crippen molar-refractivity contribution in [2.45, 2.75) is 11.8 Å². The number of carbonyl (C=O) groups is 1. The Kier molecular flexibility index (Phi) is 6.19. The van der Waals surface area contributed by atoms with Crippen molar-refractivity contribution in [3.8, 4) is 0 Å². The van der Waals surface area contributed by atoms with Crippen LogP contribution < -0.4 is 10.2 Å². The Morgan fingerprint density at radius 1 is 0.967 bits per heavy atom. The van der Waals surface area contributed by atoms with E-state index >= 15 is 0 Å². The minimum Gasteiger partial charge on any atom is -0.329 e. The molecule has 1 N–H and O–H groups in total. The van der Waals surface area contributed by atoms with Crippen molar-refractivity contribution in [2.75, 3.05) is 31.4 Å². The third-order valence-electron chi connectivity index (χ3n) is 4.70. The number of nitrogens with one attached hydrogen (secondary N) is 1. The molecule has 1 aromatic heterocycles. The van der Waals surface area contributed by atoms with Crippen LogP contribution in [-0.2, 0) is 10.0 Å². The lowest BCUT2D eigenvalue weighted by Gasteiger charge is -2.18. The molecule has 0 aliphatic carbocycles. The van der Waals surface area contributed by atoms with E-state index < -0.39 is 10.0 Å². The highest BCUT2D eigenvalue weighted by Gasteiger charge is 2.20. The van der Waals surface area contributed by atoms with Gasteiger partial charge in [0.15, 0.2) is 0 Å². The topological polar surface area (TPSA) is 82.6 Å². The van der Waals surface area contributed by atoms with Crippen LogP contribution in [-0.4, -0.2) is 44.8 Å². The second kappa shape index (κ2) is 8.64. The van der Waals surface area contributed by atoms with Gasteiger partial charge in [-0.05, 0) is 48.9 Å². The van der Waals surface area contributed by atoms with Crippen LogP contribution in [0.15, 0.2) is 71.8 Å². The SMILES string of the molecule is Cc1ccc(NC(=O)c2ccc(N(C)c3ccccc3)nc2)cc1S(=O)(=O)N(C)C. The van der Waals surface area contributed by atoms with Gasteiger partial charge in [-0.2, -0.15) is 0 Å². The second-order valence-electron chi connectivity index (χ2n) is 7.02. The average Bonchev–Trinajstić information content (AvgIpc) is 2.75. The van der Waals surface area contributed by atoms with E-state index in [1.165, 1.54) is 26.4 Å². The summed E-state index contributed by atoms with van der Waals surface area (Å²) in [6, 6.07) is 18.0. The summed E-state index contributed by atoms with van der Waals surface area (Å²) in [5.74, 6) is 0.334. The van der Waals surface area contributed by atoms with Gasteiger partial charge in [-0.3, -0.25) is 4.79 Å². The number of aryl methyl sites for hydroxylation is 1. The molecule has 0 radical (unpaired) electrons. The molecule has 0 unspecified atom stereocenters. The average molecular weight is 425 g/mol. The van der Waals surface area contributed by atoms with Gasteiger partial charge in [0.2, 0.25) is 10.0 Å². The Morgan fingerprint density at radius 3 is 2.27 bits per heavy atom. The Labute approximate surface area is 177 Å². The van der Waals surface area contributed by atoms with Crippen LogP contribution in [0.4, 0.5) is 17.2 Å². The number of aromatic nitrogens is 1. The first kappa shape index (κ1) is 21.5. The Balaban J connectivity index is 1.78. The number of rotatable bonds is 6. The summed E-state index contributed by atoms with van der Waals surface area (Å²) >= 11 is 0. The zero-order valence-electron chi connectivity index (χ0n) is 17.3. The van der Waals surface area contributed by atoms with Crippen LogP contribution in [0.25, 0.3) is 0 Å². The van der Waals surface area contributed by atoms with Crippen molar-refractivity contribution < 1.29 is 13.2 Å². The zero-order valence-corrected chi connectivity index (χ0v) is 18.1. The van der Waals surface area contributed by atoms with Crippen molar-refractivity contribution in [3.63, 3.8) is 0 Å². The van der Waals surface area contributed by atoms with Crippen molar-refractivity contribution in [1.29, 1.82) is 0 Å². The van der Waals surface area contributed by atoms with Gasteiger partial charge in [0.1, 0.15) is 5.82 Å². The number of benzene rings is 2. The van der Waals surface area contributed by atoms with Gasteiger partial charge in [-0.15, -0.1) is 0 Å². The maximum absolute atomic E-state index is 12.6. The minimum absolute atomic E-state index is 0.156. The number of sulfonamides is 1. The van der Waals surface area contributed by atoms with Gasteiger partial charge in [0.05, 0.1) is 10.5 Å². The predicted molar refractivity (Wildman–Crippen MR) is 119 cm³/mol. The summed E-state index contributed by atoms with van der Waals surface area (Å²) in [6.07, 6.45) is 1.50. The molecule has 0 fully saturated rings. The number of amides is 1. The first-order valence-electron chi connectivity index (χ1n) is 9.29. The number of carbonyl (C=O) groups excluding carboxylic acids is 1. The van der Waals surface area contributed by atoms with Gasteiger partial charge in [0, 0.05) is 38.7 Å². The van der Waals surface area contributed by atoms with Crippen LogP contribution in [0.2, 0.25) is 0 Å². The number of anilines is 3. The fraction of sp³-hybridized carbons (Fsp3) is 0.182. The largest absolute Gasteiger partial charge is 0.329 e. The van der Waals surface area contributed by atoms with E-state index in [2.05, 4.69) is 10.3 Å². The molecular weight excluding hydrogens is 400 g/mol. The van der Waals surface area contributed by atoms with E-state index in [0.29, 0.717) is 22.6 Å². The standard InChI is InChI=1S/C22H24N4O3S/c1-16-10-12-18(14-20(16)30(28,29)25(2)3)24-22(27)17-11-13-21(23-15-17)26(4)19-8-6-5-7-9-19/h5-15H,1-4H3,(H,24,27). The highest BCUT2D eigenvalue weighted by molar-refractivity contribution is 7.89. The Bertz CT molecular complexity index is 1140. The molecule has 7 nitrogen and oxygen atoms in total. The molecule has 1 heterocycles. The molecule has 8 heteroatoms. The van der Waals surface area contributed by atoms with Crippen LogP contribution in [0.5, 0.6) is 0 Å². The molecule has 156 valence electrons. The molecule has 0 bridgehead atoms. The molecule has 0 aliphatic rings. The van der Waals surface area contributed by atoms with E-state index in [1.54, 1.807) is 31.2 Å². The van der Waals surface area contributed by atoms with E-state index in [9.17, 15) is 13.2 Å². The van der Waals surface area contributed by atoms with Gasteiger partial charge in [0.25, 0.3) is 5.91 Å². The normalized spacial score (nSPS) is 11.4. The van der Waals surface area contributed by atoms with Crippen LogP contribution in [0.3, 0.4) is 0 Å². The first-order valence-corrected chi connectivity index (χ1v) is 10.7. The van der Waals surface area contributed by atoms with E-state index in [-0.39, 0.29) is 10.8 Å². The lowest BCUT2D eigenvalue weighted by Crippen LogP contribution is -2.23. The molecule has 3 rings (SSSR count). The molecule has 0 saturated carbocycles. The van der Waals surface area contributed by atoms with Gasteiger partial charge in [-0.1, -0.05) is 24.3 Å². The van der Waals surface area contributed by atoms with Crippen LogP contribution >= 0.6 is 0 Å². The van der Waals surface area contributed by atoms with Gasteiger partial charge in [-0.25, -0.2) is 17.7 Å². The third-order valence-corrected chi connectivity index (χ3v) is 6.66. The van der Waals surface area contributed by atoms with Crippen molar-refractivity contribution in [1.82, 2.24) is 9.29 Å². The maximum atomic E-state index is 12.6. The molecule has 0 atom stereocenters. The molecule has 0 aliphatic heterocycles.